The van der Waals surface area contributed by atoms with Crippen molar-refractivity contribution >= 4 is 38.9 Å². The lowest BCUT2D eigenvalue weighted by Gasteiger charge is -1.78. The van der Waals surface area contributed by atoms with Gasteiger partial charge in [0, 0.05) is 3.57 Å². The lowest BCUT2D eigenvalue weighted by molar-refractivity contribution is 1.84. The molecule has 7 heavy (non-hydrogen) atoms. The van der Waals surface area contributed by atoms with E-state index >= 15 is 0 Å². The Morgan fingerprint density at radius 2 is 2.43 bits per heavy atom. The molecular weight excluding hydrogens is 221 g/mol. The second-order valence-corrected chi connectivity index (χ2v) is 3.24. The van der Waals surface area contributed by atoms with Crippen LogP contribution in [-0.4, -0.2) is 0 Å². The van der Waals surface area contributed by atoms with Crippen LogP contribution in [0.1, 0.15) is 0 Å². The summed E-state index contributed by atoms with van der Waals surface area (Å²) in [6.45, 7) is 0. The van der Waals surface area contributed by atoms with Crippen LogP contribution in [-0.2, 0) is 0 Å². The summed E-state index contributed by atoms with van der Waals surface area (Å²) in [5, 5.41) is 2.90. The van der Waals surface area contributed by atoms with Crippen molar-refractivity contribution < 1.29 is 0 Å². The second kappa shape index (κ2) is 2.00. The average molecular weight is 225 g/mol. The molecular formula is C4H4INS. The third-order valence-electron chi connectivity index (χ3n) is 0.645. The Morgan fingerprint density at radius 3 is 2.57 bits per heavy atom. The van der Waals surface area contributed by atoms with E-state index in [-0.39, 0.29) is 0 Å². The summed E-state index contributed by atoms with van der Waals surface area (Å²) in [5.74, 6) is 0. The normalized spacial score (nSPS) is 9.29. The first-order chi connectivity index (χ1) is 3.30. The fourth-order valence-electron chi connectivity index (χ4n) is 0.305. The Bertz CT molecular complexity index is 144. The van der Waals surface area contributed by atoms with E-state index in [0.29, 0.717) is 0 Å². The molecule has 0 saturated heterocycles. The predicted molar refractivity (Wildman–Crippen MR) is 41.4 cm³/mol. The number of nitrogen functional groups attached to an aromatic ring is 1. The molecule has 1 aromatic heterocycles. The van der Waals surface area contributed by atoms with E-state index in [4.69, 9.17) is 5.73 Å². The van der Waals surface area contributed by atoms with Crippen LogP contribution in [0, 0.1) is 3.57 Å². The molecule has 2 N–H and O–H groups in total. The van der Waals surface area contributed by atoms with Crippen LogP contribution < -0.4 is 5.73 Å². The van der Waals surface area contributed by atoms with Crippen LogP contribution in [0.15, 0.2) is 11.4 Å². The van der Waals surface area contributed by atoms with Crippen molar-refractivity contribution in [1.82, 2.24) is 0 Å². The maximum Gasteiger partial charge on any atom is 0.0992 e. The minimum atomic E-state index is 0.917. The van der Waals surface area contributed by atoms with Crippen LogP contribution in [0.2, 0.25) is 0 Å². The van der Waals surface area contributed by atoms with E-state index in [9.17, 15) is 0 Å². The zero-order valence-corrected chi connectivity index (χ0v) is 6.49. The Morgan fingerprint density at radius 1 is 1.71 bits per heavy atom. The van der Waals surface area contributed by atoms with Crippen molar-refractivity contribution in [3.05, 3.63) is 15.0 Å². The summed E-state index contributed by atoms with van der Waals surface area (Å²) in [7, 11) is 0. The van der Waals surface area contributed by atoms with Crippen molar-refractivity contribution in [3.63, 3.8) is 0 Å². The van der Waals surface area contributed by atoms with E-state index in [2.05, 4.69) is 22.6 Å². The maximum atomic E-state index is 5.45. The van der Waals surface area contributed by atoms with Crippen molar-refractivity contribution in [2.75, 3.05) is 5.73 Å². The minimum absolute atomic E-state index is 0.917. The summed E-state index contributed by atoms with van der Waals surface area (Å²) in [5.41, 5.74) is 5.45. The maximum absolute atomic E-state index is 5.45. The Kier molecular flexibility index (Phi) is 1.53. The topological polar surface area (TPSA) is 26.0 Å². The van der Waals surface area contributed by atoms with Crippen molar-refractivity contribution in [3.8, 4) is 0 Å². The van der Waals surface area contributed by atoms with Gasteiger partial charge in [-0.05, 0) is 34.0 Å². The molecule has 0 aliphatic carbocycles. The molecule has 1 nitrogen and oxygen atoms in total. The number of anilines is 1. The monoisotopic (exact) mass is 225 g/mol. The van der Waals surface area contributed by atoms with Crippen LogP contribution in [0.4, 0.5) is 5.00 Å². The van der Waals surface area contributed by atoms with Gasteiger partial charge in [0.05, 0.1) is 5.00 Å². The van der Waals surface area contributed by atoms with Crippen LogP contribution >= 0.6 is 33.9 Å². The van der Waals surface area contributed by atoms with Gasteiger partial charge in [-0.15, -0.1) is 11.3 Å². The van der Waals surface area contributed by atoms with E-state index in [0.717, 1.165) is 8.57 Å². The molecule has 0 radical (unpaired) electrons. The predicted octanol–water partition coefficient (Wildman–Crippen LogP) is 1.93. The molecule has 0 aliphatic rings. The van der Waals surface area contributed by atoms with E-state index < -0.39 is 0 Å². The van der Waals surface area contributed by atoms with Gasteiger partial charge >= 0.3 is 0 Å². The van der Waals surface area contributed by atoms with Crippen molar-refractivity contribution in [2.45, 2.75) is 0 Å². The van der Waals surface area contributed by atoms with Crippen LogP contribution in [0.25, 0.3) is 0 Å². The summed E-state index contributed by atoms with van der Waals surface area (Å²) in [6.07, 6.45) is 0. The lowest BCUT2D eigenvalue weighted by atomic mass is 10.6. The Labute approximate surface area is 59.7 Å². The van der Waals surface area contributed by atoms with Crippen LogP contribution in [0.3, 0.4) is 0 Å². The van der Waals surface area contributed by atoms with Gasteiger partial charge in [0.1, 0.15) is 0 Å². The molecule has 0 unspecified atom stereocenters. The average Bonchev–Trinajstić information content (AvgIpc) is 1.91. The molecule has 1 aromatic rings. The Balaban J connectivity index is 3.12. The number of thiophene rings is 1. The molecule has 3 heteroatoms. The van der Waals surface area contributed by atoms with Gasteiger partial charge in [-0.1, -0.05) is 0 Å². The van der Waals surface area contributed by atoms with Gasteiger partial charge in [0.2, 0.25) is 0 Å². The molecule has 0 bridgehead atoms. The quantitative estimate of drug-likeness (QED) is 0.671. The molecule has 38 valence electrons. The lowest BCUT2D eigenvalue weighted by Crippen LogP contribution is -1.78. The second-order valence-electron chi connectivity index (χ2n) is 1.13. The van der Waals surface area contributed by atoms with E-state index in [1.165, 1.54) is 0 Å². The molecule has 0 aliphatic heterocycles. The minimum Gasteiger partial charge on any atom is -0.390 e. The zero-order chi connectivity index (χ0) is 5.28. The van der Waals surface area contributed by atoms with Crippen LogP contribution in [0.5, 0.6) is 0 Å². The molecule has 0 amide bonds. The molecule has 0 aromatic carbocycles. The number of hydrogen-bond donors (Lipinski definition) is 1. The van der Waals surface area contributed by atoms with Gasteiger partial charge in [0.25, 0.3) is 0 Å². The first-order valence-corrected chi connectivity index (χ1v) is 3.75. The van der Waals surface area contributed by atoms with Gasteiger partial charge in [-0.25, -0.2) is 0 Å². The molecule has 1 rings (SSSR count). The van der Waals surface area contributed by atoms with Gasteiger partial charge in [-0.3, -0.25) is 0 Å². The molecule has 0 saturated carbocycles. The molecule has 0 atom stereocenters. The van der Waals surface area contributed by atoms with Crippen molar-refractivity contribution in [1.29, 1.82) is 0 Å². The standard InChI is InChI=1S/C4H4INS/c5-3-1-2-7-4(3)6/h1-2H,6H2. The largest absolute Gasteiger partial charge is 0.390 e. The summed E-state index contributed by atoms with van der Waals surface area (Å²) < 4.78 is 1.16. The van der Waals surface area contributed by atoms with Gasteiger partial charge < -0.3 is 5.73 Å². The fraction of sp³-hybridized carbons (Fsp3) is 0. The van der Waals surface area contributed by atoms with E-state index in [1.807, 2.05) is 11.4 Å². The first kappa shape index (κ1) is 5.37. The van der Waals surface area contributed by atoms with Crippen molar-refractivity contribution in [2.24, 2.45) is 0 Å². The van der Waals surface area contributed by atoms with E-state index in [1.54, 1.807) is 11.3 Å². The summed E-state index contributed by atoms with van der Waals surface area (Å²) >= 11 is 3.78. The zero-order valence-electron chi connectivity index (χ0n) is 3.52. The number of rotatable bonds is 0. The molecule has 0 spiro atoms. The SMILES string of the molecule is Nc1sccc1I. The highest BCUT2D eigenvalue weighted by Gasteiger charge is 1.90. The highest BCUT2D eigenvalue weighted by molar-refractivity contribution is 14.1. The summed E-state index contributed by atoms with van der Waals surface area (Å²) in [4.78, 5) is 0. The first-order valence-electron chi connectivity index (χ1n) is 1.79. The highest BCUT2D eigenvalue weighted by Crippen LogP contribution is 2.19. The number of hydrogen-bond acceptors (Lipinski definition) is 2. The highest BCUT2D eigenvalue weighted by atomic mass is 127. The Hall–Kier alpha value is 0.230. The molecule has 1 heterocycles. The number of nitrogens with two attached hydrogens (primary N) is 1. The summed E-state index contributed by atoms with van der Waals surface area (Å²) in [6, 6.07) is 2.00. The number of halogens is 1. The third kappa shape index (κ3) is 1.07. The smallest absolute Gasteiger partial charge is 0.0992 e. The fourth-order valence-corrected chi connectivity index (χ4v) is 1.64. The third-order valence-corrected chi connectivity index (χ3v) is 2.70. The molecule has 0 fully saturated rings. The van der Waals surface area contributed by atoms with Gasteiger partial charge in [-0.2, -0.15) is 0 Å². The van der Waals surface area contributed by atoms with Gasteiger partial charge in [0.15, 0.2) is 0 Å².